The van der Waals surface area contributed by atoms with E-state index in [2.05, 4.69) is 5.32 Å². The predicted octanol–water partition coefficient (Wildman–Crippen LogP) is 4.19. The molecule has 0 saturated heterocycles. The molecule has 6 heteroatoms. The average Bonchev–Trinajstić information content (AvgIpc) is 3.31. The SMILES string of the molecule is Cc1ccc(N(Cc2ccc(C(=O)N[C@@H]3C[C@@H]4CC[C@@H]3C4)cc2)S(C)(=O)=O)cc1C. The summed E-state index contributed by atoms with van der Waals surface area (Å²) < 4.78 is 26.3. The summed E-state index contributed by atoms with van der Waals surface area (Å²) in [6, 6.07) is 13.2. The Morgan fingerprint density at radius 1 is 1.03 bits per heavy atom. The molecule has 2 aliphatic carbocycles. The second-order valence-corrected chi connectivity index (χ2v) is 10.9. The second kappa shape index (κ2) is 8.06. The molecule has 1 amide bonds. The lowest BCUT2D eigenvalue weighted by Gasteiger charge is -2.24. The number of anilines is 1. The number of benzene rings is 2. The van der Waals surface area contributed by atoms with E-state index in [1.807, 2.05) is 44.2 Å². The van der Waals surface area contributed by atoms with Crippen LogP contribution in [0.5, 0.6) is 0 Å². The second-order valence-electron chi connectivity index (χ2n) is 8.99. The van der Waals surface area contributed by atoms with Crippen molar-refractivity contribution >= 4 is 21.6 Å². The van der Waals surface area contributed by atoms with Gasteiger partial charge in [0.1, 0.15) is 0 Å². The smallest absolute Gasteiger partial charge is 0.251 e. The number of hydrogen-bond acceptors (Lipinski definition) is 3. The lowest BCUT2D eigenvalue weighted by Crippen LogP contribution is -2.38. The first kappa shape index (κ1) is 20.9. The van der Waals surface area contributed by atoms with Crippen LogP contribution in [-0.4, -0.2) is 26.6 Å². The van der Waals surface area contributed by atoms with Gasteiger partial charge in [0.2, 0.25) is 10.0 Å². The molecular formula is C24H30N2O3S. The van der Waals surface area contributed by atoms with E-state index in [4.69, 9.17) is 0 Å². The first-order chi connectivity index (χ1) is 14.2. The van der Waals surface area contributed by atoms with Crippen LogP contribution < -0.4 is 9.62 Å². The van der Waals surface area contributed by atoms with E-state index in [-0.39, 0.29) is 12.5 Å². The van der Waals surface area contributed by atoms with Gasteiger partial charge in [-0.2, -0.15) is 0 Å². The monoisotopic (exact) mass is 426 g/mol. The molecule has 3 atom stereocenters. The molecule has 0 aliphatic heterocycles. The number of fused-ring (bicyclic) bond motifs is 2. The first-order valence-electron chi connectivity index (χ1n) is 10.7. The molecule has 2 saturated carbocycles. The summed E-state index contributed by atoms with van der Waals surface area (Å²) in [7, 11) is -3.44. The minimum Gasteiger partial charge on any atom is -0.349 e. The standard InChI is InChI=1S/C24H30N2O3S/c1-16-4-11-22(12-17(16)2)26(30(3,28)29)15-18-5-8-20(9-6-18)24(27)25-23-14-19-7-10-21(23)13-19/h4-6,8-9,11-12,19,21,23H,7,10,13-15H2,1-3H3,(H,25,27)/t19-,21-,23-/m1/s1. The molecule has 2 bridgehead atoms. The third-order valence-corrected chi connectivity index (χ3v) is 7.92. The Morgan fingerprint density at radius 3 is 2.33 bits per heavy atom. The van der Waals surface area contributed by atoms with Gasteiger partial charge in [0, 0.05) is 11.6 Å². The number of aryl methyl sites for hydroxylation is 2. The minimum atomic E-state index is -3.44. The van der Waals surface area contributed by atoms with Crippen molar-refractivity contribution in [3.05, 3.63) is 64.7 Å². The molecule has 0 aromatic heterocycles. The van der Waals surface area contributed by atoms with Gasteiger partial charge in [-0.15, -0.1) is 0 Å². The summed E-state index contributed by atoms with van der Waals surface area (Å²) in [5.41, 5.74) is 4.29. The maximum atomic E-state index is 12.6. The molecule has 5 nitrogen and oxygen atoms in total. The number of amides is 1. The molecule has 4 rings (SSSR count). The van der Waals surface area contributed by atoms with Gasteiger partial charge >= 0.3 is 0 Å². The van der Waals surface area contributed by atoms with Crippen molar-refractivity contribution in [3.63, 3.8) is 0 Å². The summed E-state index contributed by atoms with van der Waals surface area (Å²) in [4.78, 5) is 12.6. The Labute approximate surface area is 179 Å². The highest BCUT2D eigenvalue weighted by Crippen LogP contribution is 2.44. The third-order valence-electron chi connectivity index (χ3n) is 6.78. The molecule has 2 aromatic carbocycles. The lowest BCUT2D eigenvalue weighted by atomic mass is 9.95. The molecule has 1 N–H and O–H groups in total. The number of rotatable bonds is 6. The summed E-state index contributed by atoms with van der Waals surface area (Å²) in [5, 5.41) is 3.20. The zero-order valence-electron chi connectivity index (χ0n) is 17.9. The summed E-state index contributed by atoms with van der Waals surface area (Å²) in [5.74, 6) is 1.39. The molecule has 2 aliphatic rings. The molecule has 2 fully saturated rings. The topological polar surface area (TPSA) is 66.5 Å². The molecule has 30 heavy (non-hydrogen) atoms. The van der Waals surface area contributed by atoms with Crippen molar-refractivity contribution < 1.29 is 13.2 Å². The van der Waals surface area contributed by atoms with Crippen molar-refractivity contribution in [1.29, 1.82) is 0 Å². The van der Waals surface area contributed by atoms with Crippen LogP contribution in [-0.2, 0) is 16.6 Å². The molecule has 2 aromatic rings. The average molecular weight is 427 g/mol. The molecule has 0 radical (unpaired) electrons. The molecule has 0 spiro atoms. The van der Waals surface area contributed by atoms with E-state index >= 15 is 0 Å². The normalized spacial score (nSPS) is 22.8. The fraction of sp³-hybridized carbons (Fsp3) is 0.458. The third kappa shape index (κ3) is 4.38. The van der Waals surface area contributed by atoms with Gasteiger partial charge in [0.15, 0.2) is 0 Å². The van der Waals surface area contributed by atoms with Crippen LogP contribution in [0.2, 0.25) is 0 Å². The van der Waals surface area contributed by atoms with E-state index < -0.39 is 10.0 Å². The van der Waals surface area contributed by atoms with E-state index in [9.17, 15) is 13.2 Å². The Bertz CT molecular complexity index is 1050. The van der Waals surface area contributed by atoms with Gasteiger partial charge in [0.05, 0.1) is 18.5 Å². The zero-order chi connectivity index (χ0) is 21.5. The number of nitrogens with one attached hydrogen (secondary N) is 1. The number of nitrogens with zero attached hydrogens (tertiary/aromatic N) is 1. The maximum absolute atomic E-state index is 12.6. The quantitative estimate of drug-likeness (QED) is 0.753. The van der Waals surface area contributed by atoms with Crippen molar-refractivity contribution in [3.8, 4) is 0 Å². The van der Waals surface area contributed by atoms with Gasteiger partial charge in [-0.05, 0) is 85.9 Å². The van der Waals surface area contributed by atoms with Gasteiger partial charge in [-0.3, -0.25) is 9.10 Å². The van der Waals surface area contributed by atoms with Gasteiger partial charge < -0.3 is 5.32 Å². The number of carbonyl (C=O) groups excluding carboxylic acids is 1. The van der Waals surface area contributed by atoms with E-state index in [0.717, 1.165) is 29.0 Å². The highest BCUT2D eigenvalue weighted by Gasteiger charge is 2.40. The van der Waals surface area contributed by atoms with Crippen LogP contribution >= 0.6 is 0 Å². The zero-order valence-corrected chi connectivity index (χ0v) is 18.7. The molecular weight excluding hydrogens is 396 g/mol. The van der Waals surface area contributed by atoms with Crippen molar-refractivity contribution in [2.24, 2.45) is 11.8 Å². The van der Waals surface area contributed by atoms with Crippen LogP contribution in [0.15, 0.2) is 42.5 Å². The summed E-state index contributed by atoms with van der Waals surface area (Å²) >= 11 is 0. The van der Waals surface area contributed by atoms with Crippen LogP contribution in [0.4, 0.5) is 5.69 Å². The van der Waals surface area contributed by atoms with Crippen molar-refractivity contribution in [2.45, 2.75) is 52.1 Å². The Morgan fingerprint density at radius 2 is 1.77 bits per heavy atom. The highest BCUT2D eigenvalue weighted by atomic mass is 32.2. The summed E-state index contributed by atoms with van der Waals surface area (Å²) in [6.45, 7) is 4.21. The van der Waals surface area contributed by atoms with Gasteiger partial charge in [-0.25, -0.2) is 8.42 Å². The fourth-order valence-electron chi connectivity index (χ4n) is 4.88. The Balaban J connectivity index is 1.47. The fourth-order valence-corrected chi connectivity index (χ4v) is 5.76. The van der Waals surface area contributed by atoms with Crippen molar-refractivity contribution in [2.75, 3.05) is 10.6 Å². The first-order valence-corrected chi connectivity index (χ1v) is 12.5. The minimum absolute atomic E-state index is 0.0340. The maximum Gasteiger partial charge on any atom is 0.251 e. The number of sulfonamides is 1. The van der Waals surface area contributed by atoms with Crippen LogP contribution in [0.3, 0.4) is 0 Å². The molecule has 0 heterocycles. The van der Waals surface area contributed by atoms with Gasteiger partial charge in [0.25, 0.3) is 5.91 Å². The van der Waals surface area contributed by atoms with Gasteiger partial charge in [-0.1, -0.05) is 24.6 Å². The number of hydrogen-bond donors (Lipinski definition) is 1. The van der Waals surface area contributed by atoms with Crippen molar-refractivity contribution in [1.82, 2.24) is 5.32 Å². The Kier molecular flexibility index (Phi) is 5.62. The van der Waals surface area contributed by atoms with E-state index in [0.29, 0.717) is 23.2 Å². The predicted molar refractivity (Wildman–Crippen MR) is 120 cm³/mol. The van der Waals surface area contributed by atoms with E-state index in [1.54, 1.807) is 12.1 Å². The van der Waals surface area contributed by atoms with Crippen LogP contribution in [0, 0.1) is 25.7 Å². The van der Waals surface area contributed by atoms with Crippen LogP contribution in [0.25, 0.3) is 0 Å². The van der Waals surface area contributed by atoms with Crippen LogP contribution in [0.1, 0.15) is 52.7 Å². The van der Waals surface area contributed by atoms with E-state index in [1.165, 1.54) is 29.8 Å². The Hall–Kier alpha value is -2.34. The lowest BCUT2D eigenvalue weighted by molar-refractivity contribution is 0.0923. The largest absolute Gasteiger partial charge is 0.349 e. The summed E-state index contributed by atoms with van der Waals surface area (Å²) in [6.07, 6.45) is 6.12. The number of carbonyl (C=O) groups is 1. The molecule has 160 valence electrons. The highest BCUT2D eigenvalue weighted by molar-refractivity contribution is 7.92. The molecule has 0 unspecified atom stereocenters.